The maximum atomic E-state index is 8.88. The first-order valence-electron chi connectivity index (χ1n) is 2.34. The van der Waals surface area contributed by atoms with E-state index in [4.69, 9.17) is 36.1 Å². The Morgan fingerprint density at radius 2 is 1.92 bits per heavy atom. The van der Waals surface area contributed by atoms with Crippen molar-refractivity contribution in [3.8, 4) is 0 Å². The molecule has 0 saturated carbocycles. The van der Waals surface area contributed by atoms with Crippen molar-refractivity contribution in [1.82, 2.24) is 15.2 Å². The van der Waals surface area contributed by atoms with E-state index in [9.17, 15) is 0 Å². The Kier molecular flexibility index (Phi) is 4.15. The molecule has 1 rings (SSSR count). The highest BCUT2D eigenvalue weighted by atomic mass is 35.5. The van der Waals surface area contributed by atoms with Crippen molar-refractivity contribution >= 4 is 19.4 Å². The van der Waals surface area contributed by atoms with Crippen LogP contribution in [0.2, 0.25) is 5.15 Å². The number of phosphoric acid groups is 1. The van der Waals surface area contributed by atoms with Crippen molar-refractivity contribution in [3.05, 3.63) is 11.3 Å². The minimum Gasteiger partial charge on any atom is -0.409 e. The first-order chi connectivity index (χ1) is 5.30. The Bertz CT molecular complexity index is 257. The fraction of sp³-hybridized carbons (Fsp3) is 0. The van der Waals surface area contributed by atoms with Crippen LogP contribution in [0, 0.1) is 0 Å². The predicted octanol–water partition coefficient (Wildman–Crippen LogP) is -0.760. The molecule has 0 saturated heterocycles. The molecule has 0 fully saturated rings. The average molecular weight is 218 g/mol. The first kappa shape index (κ1) is 11.3. The molecule has 70 valence electrons. The van der Waals surface area contributed by atoms with Gasteiger partial charge in [0.15, 0.2) is 5.15 Å². The van der Waals surface area contributed by atoms with E-state index in [-0.39, 0.29) is 5.15 Å². The lowest BCUT2D eigenvalue weighted by Crippen LogP contribution is -1.90. The number of hydrogen-bond donors (Lipinski definition) is 4. The zero-order valence-corrected chi connectivity index (χ0v) is 7.09. The Morgan fingerprint density at radius 3 is 2.00 bits per heavy atom. The van der Waals surface area contributed by atoms with Crippen LogP contribution in [-0.4, -0.2) is 35.0 Å². The summed E-state index contributed by atoms with van der Waals surface area (Å²) in [6, 6.07) is 0. The SMILES string of the molecule is O=P(O)(O)O.On1nncc1Cl. The highest BCUT2D eigenvalue weighted by molar-refractivity contribution is 7.45. The molecule has 0 spiro atoms. The minimum atomic E-state index is -4.64. The molecule has 0 aromatic carbocycles. The molecule has 0 amide bonds. The van der Waals surface area contributed by atoms with E-state index in [1.165, 1.54) is 6.20 Å². The van der Waals surface area contributed by atoms with E-state index in [1.807, 2.05) is 0 Å². The number of nitrogens with zero attached hydrogens (tertiary/aromatic N) is 3. The van der Waals surface area contributed by atoms with Crippen LogP contribution in [-0.2, 0) is 4.57 Å². The van der Waals surface area contributed by atoms with Crippen LogP contribution in [0.5, 0.6) is 0 Å². The Hall–Kier alpha value is -0.660. The summed E-state index contributed by atoms with van der Waals surface area (Å²) in [5, 5.41) is 14.8. The number of rotatable bonds is 0. The highest BCUT2D eigenvalue weighted by Crippen LogP contribution is 2.25. The van der Waals surface area contributed by atoms with Crippen molar-refractivity contribution in [3.63, 3.8) is 0 Å². The van der Waals surface area contributed by atoms with Gasteiger partial charge in [-0.2, -0.15) is 0 Å². The van der Waals surface area contributed by atoms with Crippen molar-refractivity contribution in [1.29, 1.82) is 0 Å². The van der Waals surface area contributed by atoms with Crippen molar-refractivity contribution in [2.75, 3.05) is 0 Å². The van der Waals surface area contributed by atoms with Crippen LogP contribution in [0.1, 0.15) is 0 Å². The van der Waals surface area contributed by atoms with Crippen LogP contribution < -0.4 is 0 Å². The van der Waals surface area contributed by atoms with E-state index in [2.05, 4.69) is 10.3 Å². The van der Waals surface area contributed by atoms with E-state index in [0.717, 1.165) is 0 Å². The number of hydrogen-bond acceptors (Lipinski definition) is 4. The second-order valence-corrected chi connectivity index (χ2v) is 2.87. The Labute approximate surface area is 71.2 Å². The fourth-order valence-electron chi connectivity index (χ4n) is 0.217. The maximum absolute atomic E-state index is 8.88. The van der Waals surface area contributed by atoms with Crippen molar-refractivity contribution in [2.24, 2.45) is 0 Å². The summed E-state index contributed by atoms with van der Waals surface area (Å²) in [7, 11) is -4.64. The molecule has 0 radical (unpaired) electrons. The zero-order valence-electron chi connectivity index (χ0n) is 5.44. The highest BCUT2D eigenvalue weighted by Gasteiger charge is 2.00. The molecule has 0 unspecified atom stereocenters. The van der Waals surface area contributed by atoms with E-state index in [1.54, 1.807) is 0 Å². The van der Waals surface area contributed by atoms with Gasteiger partial charge in [-0.1, -0.05) is 16.4 Å². The summed E-state index contributed by atoms with van der Waals surface area (Å²) in [6.07, 6.45) is 1.24. The number of halogens is 1. The maximum Gasteiger partial charge on any atom is 0.466 e. The van der Waals surface area contributed by atoms with Crippen LogP contribution in [0.4, 0.5) is 0 Å². The lowest BCUT2D eigenvalue weighted by molar-refractivity contribution is 0.143. The van der Waals surface area contributed by atoms with Gasteiger partial charge in [0.05, 0.1) is 6.20 Å². The molecular weight excluding hydrogens is 212 g/mol. The molecule has 4 N–H and O–H groups in total. The van der Waals surface area contributed by atoms with Gasteiger partial charge in [-0.3, -0.25) is 0 Å². The van der Waals surface area contributed by atoms with E-state index < -0.39 is 7.82 Å². The summed E-state index contributed by atoms with van der Waals surface area (Å²) in [6.45, 7) is 0. The third-order valence-corrected chi connectivity index (χ3v) is 0.740. The minimum absolute atomic E-state index is 0.111. The monoisotopic (exact) mass is 217 g/mol. The molecule has 1 aromatic rings. The Morgan fingerprint density at radius 1 is 1.50 bits per heavy atom. The zero-order chi connectivity index (χ0) is 9.78. The third kappa shape index (κ3) is 7.45. The summed E-state index contributed by atoms with van der Waals surface area (Å²) in [4.78, 5) is 22.1. The van der Waals surface area contributed by atoms with Crippen molar-refractivity contribution < 1.29 is 24.5 Å². The van der Waals surface area contributed by atoms with Gasteiger partial charge in [0.25, 0.3) is 0 Å². The molecule has 0 bridgehead atoms. The summed E-state index contributed by atoms with van der Waals surface area (Å²) < 4.78 is 8.88. The largest absolute Gasteiger partial charge is 0.466 e. The molecule has 8 nitrogen and oxygen atoms in total. The summed E-state index contributed by atoms with van der Waals surface area (Å²) >= 11 is 5.21. The topological polar surface area (TPSA) is 129 Å². The predicted molar refractivity (Wildman–Crippen MR) is 36.5 cm³/mol. The van der Waals surface area contributed by atoms with Gasteiger partial charge in [-0.15, -0.1) is 5.10 Å². The molecule has 10 heteroatoms. The molecule has 1 heterocycles. The second-order valence-electron chi connectivity index (χ2n) is 1.46. The molecule has 0 aliphatic carbocycles. The summed E-state index contributed by atoms with van der Waals surface area (Å²) in [5.41, 5.74) is 0. The van der Waals surface area contributed by atoms with Gasteiger partial charge in [0, 0.05) is 0 Å². The van der Waals surface area contributed by atoms with Gasteiger partial charge < -0.3 is 19.9 Å². The second kappa shape index (κ2) is 4.39. The van der Waals surface area contributed by atoms with Gasteiger partial charge in [-0.25, -0.2) is 4.57 Å². The lowest BCUT2D eigenvalue weighted by atomic mass is 10.9. The van der Waals surface area contributed by atoms with Crippen LogP contribution >= 0.6 is 19.4 Å². The molecule has 1 aromatic heterocycles. The molecule has 0 atom stereocenters. The normalized spacial score (nSPS) is 10.3. The lowest BCUT2D eigenvalue weighted by Gasteiger charge is -1.82. The van der Waals surface area contributed by atoms with E-state index in [0.29, 0.717) is 4.85 Å². The van der Waals surface area contributed by atoms with Gasteiger partial charge in [-0.05, 0) is 5.21 Å². The summed E-state index contributed by atoms with van der Waals surface area (Å²) in [5.74, 6) is 0. The van der Waals surface area contributed by atoms with Gasteiger partial charge >= 0.3 is 7.82 Å². The standard InChI is InChI=1S/C2H2ClN3O.H3O4P/c3-2-1-4-5-6(2)7;1-5(2,3)4/h1,7H;(H3,1,2,3,4). The van der Waals surface area contributed by atoms with Crippen LogP contribution in [0.25, 0.3) is 0 Å². The fourth-order valence-corrected chi connectivity index (χ4v) is 0.294. The van der Waals surface area contributed by atoms with Crippen LogP contribution in [0.15, 0.2) is 6.20 Å². The molecule has 0 aliphatic heterocycles. The van der Waals surface area contributed by atoms with Gasteiger partial charge in [0.2, 0.25) is 0 Å². The van der Waals surface area contributed by atoms with Crippen molar-refractivity contribution in [2.45, 2.75) is 0 Å². The average Bonchev–Trinajstić information content (AvgIpc) is 2.12. The quantitative estimate of drug-likeness (QED) is 0.332. The third-order valence-electron chi connectivity index (χ3n) is 0.492. The Balaban J connectivity index is 0.000000217. The molecule has 12 heavy (non-hydrogen) atoms. The van der Waals surface area contributed by atoms with Crippen LogP contribution in [0.3, 0.4) is 0 Å². The first-order valence-corrected chi connectivity index (χ1v) is 4.29. The van der Waals surface area contributed by atoms with E-state index >= 15 is 0 Å². The molecule has 0 aliphatic rings. The number of aromatic nitrogens is 3. The smallest absolute Gasteiger partial charge is 0.409 e. The molecular formula is C2H5ClN3O5P. The van der Waals surface area contributed by atoms with Gasteiger partial charge in [0.1, 0.15) is 0 Å².